The van der Waals surface area contributed by atoms with Crippen LogP contribution in [-0.2, 0) is 4.79 Å². The summed E-state index contributed by atoms with van der Waals surface area (Å²) in [6, 6.07) is 0. The summed E-state index contributed by atoms with van der Waals surface area (Å²) in [7, 11) is 0. The van der Waals surface area contributed by atoms with Crippen molar-refractivity contribution in [2.75, 3.05) is 39.3 Å². The van der Waals surface area contributed by atoms with E-state index in [1.54, 1.807) is 0 Å². The van der Waals surface area contributed by atoms with E-state index in [4.69, 9.17) is 5.73 Å². The van der Waals surface area contributed by atoms with Crippen LogP contribution < -0.4 is 5.73 Å². The van der Waals surface area contributed by atoms with Gasteiger partial charge in [0, 0.05) is 38.6 Å². The lowest BCUT2D eigenvalue weighted by molar-refractivity contribution is -0.140. The highest BCUT2D eigenvalue weighted by atomic mass is 16.2. The summed E-state index contributed by atoms with van der Waals surface area (Å²) in [4.78, 5) is 17.2. The van der Waals surface area contributed by atoms with Crippen molar-refractivity contribution in [1.82, 2.24) is 9.80 Å². The predicted octanol–water partition coefficient (Wildman–Crippen LogP) is 1.55. The lowest BCUT2D eigenvalue weighted by Gasteiger charge is -2.39. The molecule has 2 rings (SSSR count). The van der Waals surface area contributed by atoms with Gasteiger partial charge >= 0.3 is 0 Å². The van der Waals surface area contributed by atoms with Gasteiger partial charge in [-0.2, -0.15) is 0 Å². The molecule has 0 spiro atoms. The van der Waals surface area contributed by atoms with Gasteiger partial charge in [0.05, 0.1) is 0 Å². The summed E-state index contributed by atoms with van der Waals surface area (Å²) in [5.74, 6) is 1.20. The van der Waals surface area contributed by atoms with Crippen molar-refractivity contribution in [2.24, 2.45) is 23.0 Å². The average Bonchev–Trinajstić information content (AvgIpc) is 2.78. The third-order valence-electron chi connectivity index (χ3n) is 5.21. The Morgan fingerprint density at radius 2 is 1.95 bits per heavy atom. The molecule has 0 bridgehead atoms. The van der Waals surface area contributed by atoms with Gasteiger partial charge in [-0.3, -0.25) is 9.69 Å². The number of carbonyl (C=O) groups is 1. The number of rotatable bonds is 4. The molecule has 4 nitrogen and oxygen atoms in total. The van der Waals surface area contributed by atoms with Gasteiger partial charge in [-0.25, -0.2) is 0 Å². The Balaban J connectivity index is 1.83. The number of nitrogens with zero attached hydrogens (tertiary/aromatic N) is 2. The Bertz CT molecular complexity index is 335. The molecule has 1 heterocycles. The summed E-state index contributed by atoms with van der Waals surface area (Å²) in [6.07, 6.45) is 3.48. The topological polar surface area (TPSA) is 49.6 Å². The van der Waals surface area contributed by atoms with Crippen LogP contribution in [0.4, 0.5) is 0 Å². The molecule has 2 N–H and O–H groups in total. The van der Waals surface area contributed by atoms with Gasteiger partial charge in [0.2, 0.25) is 5.91 Å². The molecule has 0 aromatic carbocycles. The van der Waals surface area contributed by atoms with Crippen molar-refractivity contribution in [3.8, 4) is 0 Å². The van der Waals surface area contributed by atoms with E-state index in [2.05, 4.69) is 30.6 Å². The molecule has 1 saturated heterocycles. The smallest absolute Gasteiger partial charge is 0.226 e. The molecule has 4 heteroatoms. The average molecular weight is 281 g/mol. The SMILES string of the molecule is CC(CN)CN1CCN(C(=O)C2CCCC2(C)C)CC1. The lowest BCUT2D eigenvalue weighted by Crippen LogP contribution is -2.52. The Labute approximate surface area is 123 Å². The molecule has 1 amide bonds. The molecular formula is C16H31N3O. The number of piperazine rings is 1. The van der Waals surface area contributed by atoms with E-state index in [9.17, 15) is 4.79 Å². The minimum Gasteiger partial charge on any atom is -0.340 e. The standard InChI is InChI=1S/C16H31N3O/c1-13(11-17)12-18-7-9-19(10-8-18)15(20)14-5-4-6-16(14,2)3/h13-14H,4-12,17H2,1-3H3. The van der Waals surface area contributed by atoms with Crippen molar-refractivity contribution in [1.29, 1.82) is 0 Å². The molecule has 0 aromatic rings. The molecule has 1 aliphatic carbocycles. The zero-order valence-corrected chi connectivity index (χ0v) is 13.4. The molecule has 1 saturated carbocycles. The van der Waals surface area contributed by atoms with Gasteiger partial charge in [-0.05, 0) is 30.7 Å². The first kappa shape index (κ1) is 15.8. The summed E-state index contributed by atoms with van der Waals surface area (Å²) in [6.45, 7) is 12.3. The van der Waals surface area contributed by atoms with Crippen molar-refractivity contribution in [2.45, 2.75) is 40.0 Å². The Morgan fingerprint density at radius 1 is 1.30 bits per heavy atom. The van der Waals surface area contributed by atoms with Gasteiger partial charge in [0.1, 0.15) is 0 Å². The van der Waals surface area contributed by atoms with Crippen LogP contribution in [0.25, 0.3) is 0 Å². The first-order chi connectivity index (χ1) is 9.44. The Hall–Kier alpha value is -0.610. The predicted molar refractivity (Wildman–Crippen MR) is 82.4 cm³/mol. The zero-order valence-electron chi connectivity index (χ0n) is 13.4. The van der Waals surface area contributed by atoms with Gasteiger partial charge in [0.25, 0.3) is 0 Å². The molecule has 2 atom stereocenters. The number of hydrogen-bond acceptors (Lipinski definition) is 3. The quantitative estimate of drug-likeness (QED) is 0.850. The number of nitrogens with two attached hydrogens (primary N) is 1. The van der Waals surface area contributed by atoms with Crippen LogP contribution in [0.1, 0.15) is 40.0 Å². The maximum Gasteiger partial charge on any atom is 0.226 e. The third-order valence-corrected chi connectivity index (χ3v) is 5.21. The molecule has 2 aliphatic rings. The van der Waals surface area contributed by atoms with Crippen LogP contribution in [0.15, 0.2) is 0 Å². The molecular weight excluding hydrogens is 250 g/mol. The first-order valence-corrected chi connectivity index (χ1v) is 8.15. The summed E-state index contributed by atoms with van der Waals surface area (Å²) in [5.41, 5.74) is 5.88. The zero-order chi connectivity index (χ0) is 14.8. The highest BCUT2D eigenvalue weighted by molar-refractivity contribution is 5.80. The van der Waals surface area contributed by atoms with Gasteiger partial charge in [0.15, 0.2) is 0 Å². The number of hydrogen-bond donors (Lipinski definition) is 1. The largest absolute Gasteiger partial charge is 0.340 e. The molecule has 0 aromatic heterocycles. The fourth-order valence-corrected chi connectivity index (χ4v) is 3.67. The van der Waals surface area contributed by atoms with Crippen molar-refractivity contribution in [3.05, 3.63) is 0 Å². The minimum absolute atomic E-state index is 0.197. The van der Waals surface area contributed by atoms with Crippen LogP contribution in [0.2, 0.25) is 0 Å². The van der Waals surface area contributed by atoms with Crippen molar-refractivity contribution >= 4 is 5.91 Å². The van der Waals surface area contributed by atoms with Crippen molar-refractivity contribution in [3.63, 3.8) is 0 Å². The third kappa shape index (κ3) is 3.53. The van der Waals surface area contributed by atoms with Crippen molar-refractivity contribution < 1.29 is 4.79 Å². The summed E-state index contributed by atoms with van der Waals surface area (Å²) in [5, 5.41) is 0. The molecule has 20 heavy (non-hydrogen) atoms. The monoisotopic (exact) mass is 281 g/mol. The minimum atomic E-state index is 0.197. The van der Waals surface area contributed by atoms with E-state index >= 15 is 0 Å². The van der Waals surface area contributed by atoms with E-state index < -0.39 is 0 Å². The summed E-state index contributed by atoms with van der Waals surface area (Å²) >= 11 is 0. The molecule has 1 aliphatic heterocycles. The second-order valence-corrected chi connectivity index (χ2v) is 7.40. The van der Waals surface area contributed by atoms with Crippen LogP contribution >= 0.6 is 0 Å². The van der Waals surface area contributed by atoms with E-state index in [0.29, 0.717) is 11.8 Å². The van der Waals surface area contributed by atoms with E-state index in [0.717, 1.165) is 45.7 Å². The molecule has 2 unspecified atom stereocenters. The second kappa shape index (κ2) is 6.44. The van der Waals surface area contributed by atoms with E-state index in [-0.39, 0.29) is 11.3 Å². The highest BCUT2D eigenvalue weighted by Crippen LogP contribution is 2.43. The second-order valence-electron chi connectivity index (χ2n) is 7.40. The van der Waals surface area contributed by atoms with Gasteiger partial charge in [-0.15, -0.1) is 0 Å². The number of amides is 1. The van der Waals surface area contributed by atoms with Crippen LogP contribution in [0.3, 0.4) is 0 Å². The fourth-order valence-electron chi connectivity index (χ4n) is 3.67. The summed E-state index contributed by atoms with van der Waals surface area (Å²) < 4.78 is 0. The fraction of sp³-hybridized carbons (Fsp3) is 0.938. The van der Waals surface area contributed by atoms with Crippen LogP contribution in [-0.4, -0.2) is 55.0 Å². The Morgan fingerprint density at radius 3 is 2.45 bits per heavy atom. The highest BCUT2D eigenvalue weighted by Gasteiger charge is 2.41. The molecule has 116 valence electrons. The molecule has 2 fully saturated rings. The molecule has 0 radical (unpaired) electrons. The first-order valence-electron chi connectivity index (χ1n) is 8.15. The lowest BCUT2D eigenvalue weighted by atomic mass is 9.81. The van der Waals surface area contributed by atoms with Gasteiger partial charge in [-0.1, -0.05) is 27.2 Å². The van der Waals surface area contributed by atoms with Crippen LogP contribution in [0.5, 0.6) is 0 Å². The van der Waals surface area contributed by atoms with Crippen LogP contribution in [0, 0.1) is 17.3 Å². The normalized spacial score (nSPS) is 28.6. The maximum atomic E-state index is 12.7. The van der Waals surface area contributed by atoms with Gasteiger partial charge < -0.3 is 10.6 Å². The number of carbonyl (C=O) groups excluding carboxylic acids is 1. The maximum absolute atomic E-state index is 12.7. The van der Waals surface area contributed by atoms with E-state index in [1.165, 1.54) is 12.8 Å². The van der Waals surface area contributed by atoms with E-state index in [1.807, 2.05) is 0 Å². The Kier molecular flexibility index (Phi) is 5.08.